The van der Waals surface area contributed by atoms with Gasteiger partial charge in [-0.25, -0.2) is 9.97 Å². The van der Waals surface area contributed by atoms with E-state index >= 15 is 0 Å². The van der Waals surface area contributed by atoms with Gasteiger partial charge in [-0.05, 0) is 12.1 Å². The number of benzene rings is 1. The fourth-order valence-electron chi connectivity index (χ4n) is 1.84. The highest BCUT2D eigenvalue weighted by molar-refractivity contribution is 7.09. The van der Waals surface area contributed by atoms with E-state index in [2.05, 4.69) is 21.4 Å². The zero-order chi connectivity index (χ0) is 13.1. The van der Waals surface area contributed by atoms with Gasteiger partial charge in [0, 0.05) is 17.0 Å². The highest BCUT2D eigenvalue weighted by atomic mass is 32.1. The van der Waals surface area contributed by atoms with Crippen LogP contribution in [0.5, 0.6) is 0 Å². The predicted molar refractivity (Wildman–Crippen MR) is 75.9 cm³/mol. The number of nitrogens with one attached hydrogen (secondary N) is 1. The van der Waals surface area contributed by atoms with Crippen LogP contribution >= 0.6 is 11.3 Å². The summed E-state index contributed by atoms with van der Waals surface area (Å²) in [5.74, 6) is 0.608. The number of hydrogen-bond acceptors (Lipinski definition) is 5. The fraction of sp³-hybridized carbons (Fsp3) is 0.0714. The maximum absolute atomic E-state index is 9.19. The monoisotopic (exact) mass is 266 g/mol. The van der Waals surface area contributed by atoms with Crippen molar-refractivity contribution in [1.29, 1.82) is 5.26 Å². The van der Waals surface area contributed by atoms with Crippen LogP contribution in [0, 0.1) is 11.3 Å². The first kappa shape index (κ1) is 11.6. The number of anilines is 1. The van der Waals surface area contributed by atoms with E-state index in [0.29, 0.717) is 17.9 Å². The Hall–Kier alpha value is -2.45. The van der Waals surface area contributed by atoms with E-state index in [4.69, 9.17) is 0 Å². The molecule has 0 amide bonds. The maximum Gasteiger partial charge on any atom is 0.145 e. The summed E-state index contributed by atoms with van der Waals surface area (Å²) in [7, 11) is 0. The van der Waals surface area contributed by atoms with Gasteiger partial charge in [0.25, 0.3) is 0 Å². The Morgan fingerprint density at radius 2 is 2.21 bits per heavy atom. The topological polar surface area (TPSA) is 61.6 Å². The zero-order valence-corrected chi connectivity index (χ0v) is 10.8. The Morgan fingerprint density at radius 1 is 1.32 bits per heavy atom. The van der Waals surface area contributed by atoms with E-state index in [1.54, 1.807) is 17.5 Å². The van der Waals surface area contributed by atoms with Crippen molar-refractivity contribution in [2.75, 3.05) is 5.32 Å². The molecule has 0 radical (unpaired) electrons. The van der Waals surface area contributed by atoms with Gasteiger partial charge in [0.2, 0.25) is 0 Å². The highest BCUT2D eigenvalue weighted by Gasteiger charge is 2.06. The van der Waals surface area contributed by atoms with E-state index in [-0.39, 0.29) is 0 Å². The molecule has 0 aliphatic carbocycles. The molecule has 0 fully saturated rings. The minimum absolute atomic E-state index is 0.551. The molecule has 3 rings (SSSR count). The van der Waals surface area contributed by atoms with Crippen LogP contribution in [0.3, 0.4) is 0 Å². The number of pyridine rings is 1. The summed E-state index contributed by atoms with van der Waals surface area (Å²) >= 11 is 1.57. The number of aromatic nitrogens is 2. The second-order valence-electron chi connectivity index (χ2n) is 3.97. The van der Waals surface area contributed by atoms with E-state index in [1.165, 1.54) is 0 Å². The first-order valence-corrected chi connectivity index (χ1v) is 6.67. The van der Waals surface area contributed by atoms with Crippen molar-refractivity contribution in [3.63, 3.8) is 0 Å². The molecule has 0 bridgehead atoms. The molecule has 92 valence electrons. The summed E-state index contributed by atoms with van der Waals surface area (Å²) < 4.78 is 0. The number of nitriles is 1. The maximum atomic E-state index is 9.19. The third-order valence-electron chi connectivity index (χ3n) is 2.73. The average molecular weight is 266 g/mol. The van der Waals surface area contributed by atoms with Crippen LogP contribution in [0.4, 0.5) is 5.82 Å². The molecular formula is C14H10N4S. The van der Waals surface area contributed by atoms with Gasteiger partial charge in [-0.15, -0.1) is 11.3 Å². The van der Waals surface area contributed by atoms with E-state index in [1.807, 2.05) is 35.7 Å². The van der Waals surface area contributed by atoms with Gasteiger partial charge in [-0.1, -0.05) is 18.2 Å². The third kappa shape index (κ3) is 2.39. The molecule has 4 nitrogen and oxygen atoms in total. The molecule has 0 aliphatic rings. The van der Waals surface area contributed by atoms with Crippen LogP contribution in [0.25, 0.3) is 10.9 Å². The Labute approximate surface area is 114 Å². The zero-order valence-electron chi connectivity index (χ0n) is 10.00. The summed E-state index contributed by atoms with van der Waals surface area (Å²) in [5.41, 5.74) is 1.43. The standard InChI is InChI=1S/C14H10N4S/c15-8-11-7-10-3-1-2-4-12(10)18-14(11)17-9-13-16-5-6-19-13/h1-7H,9H2,(H,17,18). The summed E-state index contributed by atoms with van der Waals surface area (Å²) in [6.07, 6.45) is 1.76. The molecule has 5 heteroatoms. The van der Waals surface area contributed by atoms with Crippen molar-refractivity contribution in [3.8, 4) is 6.07 Å². The summed E-state index contributed by atoms with van der Waals surface area (Å²) in [5, 5.41) is 16.2. The molecule has 0 atom stereocenters. The Kier molecular flexibility index (Phi) is 3.09. The number of hydrogen-bond donors (Lipinski definition) is 1. The van der Waals surface area contributed by atoms with E-state index in [9.17, 15) is 5.26 Å². The van der Waals surface area contributed by atoms with Crippen molar-refractivity contribution in [3.05, 3.63) is 52.5 Å². The molecule has 1 N–H and O–H groups in total. The normalized spacial score (nSPS) is 10.3. The van der Waals surface area contributed by atoms with Crippen LogP contribution in [-0.2, 0) is 6.54 Å². The van der Waals surface area contributed by atoms with Gasteiger partial charge in [0.05, 0.1) is 17.6 Å². The van der Waals surface area contributed by atoms with Crippen molar-refractivity contribution in [1.82, 2.24) is 9.97 Å². The Bertz CT molecular complexity index is 744. The van der Waals surface area contributed by atoms with Gasteiger partial charge >= 0.3 is 0 Å². The minimum atomic E-state index is 0.551. The smallest absolute Gasteiger partial charge is 0.145 e. The molecule has 2 aromatic heterocycles. The van der Waals surface area contributed by atoms with Gasteiger partial charge < -0.3 is 5.32 Å². The van der Waals surface area contributed by atoms with Crippen LogP contribution in [0.15, 0.2) is 41.9 Å². The molecule has 0 aliphatic heterocycles. The predicted octanol–water partition coefficient (Wildman–Crippen LogP) is 3.18. The first-order chi connectivity index (χ1) is 9.36. The van der Waals surface area contributed by atoms with Gasteiger partial charge in [0.15, 0.2) is 0 Å². The second kappa shape index (κ2) is 5.04. The lowest BCUT2D eigenvalue weighted by atomic mass is 10.1. The second-order valence-corrected chi connectivity index (χ2v) is 4.95. The largest absolute Gasteiger partial charge is 0.362 e. The molecule has 19 heavy (non-hydrogen) atoms. The van der Waals surface area contributed by atoms with E-state index < -0.39 is 0 Å². The molecule has 0 spiro atoms. The van der Waals surface area contributed by atoms with Crippen molar-refractivity contribution >= 4 is 28.1 Å². The molecular weight excluding hydrogens is 256 g/mol. The van der Waals surface area contributed by atoms with Gasteiger partial charge in [-0.3, -0.25) is 0 Å². The Balaban J connectivity index is 1.95. The summed E-state index contributed by atoms with van der Waals surface area (Å²) in [6, 6.07) is 11.8. The van der Waals surface area contributed by atoms with Crippen LogP contribution < -0.4 is 5.32 Å². The van der Waals surface area contributed by atoms with Crippen LogP contribution in [-0.4, -0.2) is 9.97 Å². The summed E-state index contributed by atoms with van der Waals surface area (Å²) in [4.78, 5) is 8.68. The molecule has 0 unspecified atom stereocenters. The molecule has 1 aromatic carbocycles. The van der Waals surface area contributed by atoms with Crippen molar-refractivity contribution < 1.29 is 0 Å². The average Bonchev–Trinajstić information content (AvgIpc) is 2.97. The number of fused-ring (bicyclic) bond motifs is 1. The minimum Gasteiger partial charge on any atom is -0.362 e. The lowest BCUT2D eigenvalue weighted by Crippen LogP contribution is -2.03. The SMILES string of the molecule is N#Cc1cc2ccccc2nc1NCc1nccs1. The molecule has 3 aromatic rings. The van der Waals surface area contributed by atoms with Crippen molar-refractivity contribution in [2.24, 2.45) is 0 Å². The fourth-order valence-corrected chi connectivity index (χ4v) is 2.39. The number of rotatable bonds is 3. The van der Waals surface area contributed by atoms with Crippen LogP contribution in [0.1, 0.15) is 10.6 Å². The molecule has 0 saturated heterocycles. The highest BCUT2D eigenvalue weighted by Crippen LogP contribution is 2.20. The Morgan fingerprint density at radius 3 is 3.00 bits per heavy atom. The number of para-hydroxylation sites is 1. The lowest BCUT2D eigenvalue weighted by molar-refractivity contribution is 1.08. The first-order valence-electron chi connectivity index (χ1n) is 5.79. The van der Waals surface area contributed by atoms with Gasteiger partial charge in [0.1, 0.15) is 16.9 Å². The molecule has 0 saturated carbocycles. The number of thiazole rings is 1. The van der Waals surface area contributed by atoms with Crippen molar-refractivity contribution in [2.45, 2.75) is 6.54 Å². The third-order valence-corrected chi connectivity index (χ3v) is 3.51. The van der Waals surface area contributed by atoms with E-state index in [0.717, 1.165) is 15.9 Å². The van der Waals surface area contributed by atoms with Gasteiger partial charge in [-0.2, -0.15) is 5.26 Å². The molecule has 2 heterocycles. The number of nitrogens with zero attached hydrogens (tertiary/aromatic N) is 3. The quantitative estimate of drug-likeness (QED) is 0.791. The van der Waals surface area contributed by atoms with Crippen LogP contribution in [0.2, 0.25) is 0 Å². The lowest BCUT2D eigenvalue weighted by Gasteiger charge is -2.07. The summed E-state index contributed by atoms with van der Waals surface area (Å²) in [6.45, 7) is 0.581.